The SMILES string of the molecule is CC(C)(C)OC(=O)NC(CCC(=O)O)C(=O)NCC1OC(c2cc(=O)[nH]c(=O)[nH]2)C(O)C1O. The number of hydrogen-bond acceptors (Lipinski definition) is 9. The average Bonchev–Trinajstić information content (AvgIpc) is 2.95. The molecule has 33 heavy (non-hydrogen) atoms. The summed E-state index contributed by atoms with van der Waals surface area (Å²) < 4.78 is 10.6. The molecule has 0 saturated carbocycles. The molecule has 5 atom stereocenters. The second-order valence-electron chi connectivity index (χ2n) is 8.50. The zero-order valence-electron chi connectivity index (χ0n) is 18.3. The predicted molar refractivity (Wildman–Crippen MR) is 110 cm³/mol. The maximum atomic E-state index is 12.6. The molecule has 1 aromatic rings. The number of aromatic nitrogens is 2. The van der Waals surface area contributed by atoms with Crippen molar-refractivity contribution >= 4 is 18.0 Å². The first-order valence-corrected chi connectivity index (χ1v) is 10.1. The minimum absolute atomic E-state index is 0.0601. The summed E-state index contributed by atoms with van der Waals surface area (Å²) in [7, 11) is 0. The summed E-state index contributed by atoms with van der Waals surface area (Å²) in [6, 6.07) is -0.255. The number of carbonyl (C=O) groups excluding carboxylic acids is 2. The standard InChI is InChI=1S/C19H28N4O10/c1-19(2,3)33-18(31)22-8(4-5-12(25)26)16(29)20-7-10-13(27)14(28)15(32-10)9-6-11(24)23-17(30)21-9/h6,8,10,13-15,27-28H,4-5,7H2,1-3H3,(H,20,29)(H,22,31)(H,25,26)(H2,21,23,24,30). The highest BCUT2D eigenvalue weighted by Crippen LogP contribution is 2.31. The van der Waals surface area contributed by atoms with Crippen LogP contribution in [0.5, 0.6) is 0 Å². The number of amides is 2. The summed E-state index contributed by atoms with van der Waals surface area (Å²) in [6.45, 7) is 4.54. The van der Waals surface area contributed by atoms with Crippen LogP contribution in [-0.4, -0.2) is 79.8 Å². The van der Waals surface area contributed by atoms with E-state index in [1.54, 1.807) is 20.8 Å². The Morgan fingerprint density at radius 1 is 1.18 bits per heavy atom. The summed E-state index contributed by atoms with van der Waals surface area (Å²) in [5.41, 5.74) is -2.46. The van der Waals surface area contributed by atoms with Gasteiger partial charge in [-0.2, -0.15) is 0 Å². The number of nitrogens with one attached hydrogen (secondary N) is 4. The number of hydrogen-bond donors (Lipinski definition) is 7. The van der Waals surface area contributed by atoms with Crippen LogP contribution < -0.4 is 21.9 Å². The Morgan fingerprint density at radius 2 is 1.85 bits per heavy atom. The maximum Gasteiger partial charge on any atom is 0.408 e. The molecule has 0 bridgehead atoms. The molecule has 14 heteroatoms. The van der Waals surface area contributed by atoms with Gasteiger partial charge in [0.2, 0.25) is 5.91 Å². The number of aliphatic carboxylic acids is 1. The predicted octanol–water partition coefficient (Wildman–Crippen LogP) is -1.90. The average molecular weight is 472 g/mol. The molecule has 2 heterocycles. The van der Waals surface area contributed by atoms with Gasteiger partial charge in [-0.05, 0) is 27.2 Å². The highest BCUT2D eigenvalue weighted by molar-refractivity contribution is 5.86. The fourth-order valence-corrected chi connectivity index (χ4v) is 3.13. The third-order valence-electron chi connectivity index (χ3n) is 4.58. The number of carboxylic acid groups (broad SMARTS) is 1. The minimum atomic E-state index is -1.51. The molecule has 14 nitrogen and oxygen atoms in total. The zero-order chi connectivity index (χ0) is 24.9. The van der Waals surface area contributed by atoms with E-state index in [0.29, 0.717) is 0 Å². The first kappa shape index (κ1) is 26.0. The number of H-pyrrole nitrogens is 2. The topological polar surface area (TPSA) is 220 Å². The van der Waals surface area contributed by atoms with Crippen LogP contribution in [0.1, 0.15) is 45.4 Å². The van der Waals surface area contributed by atoms with E-state index >= 15 is 0 Å². The third kappa shape index (κ3) is 7.69. The number of aliphatic hydroxyl groups excluding tert-OH is 2. The fraction of sp³-hybridized carbons (Fsp3) is 0.632. The number of carboxylic acids is 1. The van der Waals surface area contributed by atoms with Gasteiger partial charge in [-0.25, -0.2) is 9.59 Å². The quantitative estimate of drug-likeness (QED) is 0.223. The van der Waals surface area contributed by atoms with E-state index in [2.05, 4.69) is 15.6 Å². The molecule has 5 unspecified atom stereocenters. The van der Waals surface area contributed by atoms with Crippen LogP contribution in [0, 0.1) is 0 Å². The van der Waals surface area contributed by atoms with Crippen molar-refractivity contribution in [1.29, 1.82) is 0 Å². The lowest BCUT2D eigenvalue weighted by atomic mass is 10.1. The van der Waals surface area contributed by atoms with Gasteiger partial charge in [0, 0.05) is 19.0 Å². The molecule has 7 N–H and O–H groups in total. The van der Waals surface area contributed by atoms with E-state index in [-0.39, 0.29) is 18.7 Å². The van der Waals surface area contributed by atoms with Gasteiger partial charge in [-0.15, -0.1) is 0 Å². The molecule has 1 fully saturated rings. The van der Waals surface area contributed by atoms with Crippen molar-refractivity contribution in [2.75, 3.05) is 6.54 Å². The van der Waals surface area contributed by atoms with Crippen molar-refractivity contribution in [3.63, 3.8) is 0 Å². The smallest absolute Gasteiger partial charge is 0.408 e. The molecule has 0 aliphatic carbocycles. The Bertz CT molecular complexity index is 954. The summed E-state index contributed by atoms with van der Waals surface area (Å²) in [5, 5.41) is 34.1. The highest BCUT2D eigenvalue weighted by atomic mass is 16.6. The molecule has 0 radical (unpaired) electrons. The van der Waals surface area contributed by atoms with Gasteiger partial charge >= 0.3 is 17.8 Å². The van der Waals surface area contributed by atoms with Crippen LogP contribution in [-0.2, 0) is 19.1 Å². The molecule has 1 aliphatic rings. The van der Waals surface area contributed by atoms with Crippen molar-refractivity contribution < 1.29 is 39.2 Å². The van der Waals surface area contributed by atoms with E-state index in [1.807, 2.05) is 4.98 Å². The van der Waals surface area contributed by atoms with Crippen molar-refractivity contribution in [1.82, 2.24) is 20.6 Å². The van der Waals surface area contributed by atoms with Crippen LogP contribution in [0.25, 0.3) is 0 Å². The van der Waals surface area contributed by atoms with E-state index < -0.39 is 71.7 Å². The van der Waals surface area contributed by atoms with E-state index in [4.69, 9.17) is 14.6 Å². The number of ether oxygens (including phenoxy) is 2. The monoisotopic (exact) mass is 472 g/mol. The summed E-state index contributed by atoms with van der Waals surface area (Å²) in [4.78, 5) is 62.7. The number of aromatic amines is 2. The van der Waals surface area contributed by atoms with E-state index in [1.165, 1.54) is 0 Å². The van der Waals surface area contributed by atoms with Crippen molar-refractivity contribution in [2.24, 2.45) is 0 Å². The van der Waals surface area contributed by atoms with Crippen LogP contribution in [0.3, 0.4) is 0 Å². The molecule has 2 amide bonds. The third-order valence-corrected chi connectivity index (χ3v) is 4.58. The molecule has 2 rings (SSSR count). The van der Waals surface area contributed by atoms with Gasteiger partial charge in [0.15, 0.2) is 0 Å². The Balaban J connectivity index is 2.03. The van der Waals surface area contributed by atoms with Gasteiger partial charge < -0.3 is 40.4 Å². The molecule has 0 spiro atoms. The van der Waals surface area contributed by atoms with Crippen LogP contribution in [0.15, 0.2) is 15.7 Å². The number of aliphatic hydroxyl groups is 2. The molecule has 184 valence electrons. The van der Waals surface area contributed by atoms with Crippen molar-refractivity contribution in [3.8, 4) is 0 Å². The van der Waals surface area contributed by atoms with E-state index in [9.17, 15) is 34.2 Å². The summed E-state index contributed by atoms with van der Waals surface area (Å²) >= 11 is 0. The molecular formula is C19H28N4O10. The van der Waals surface area contributed by atoms with Gasteiger partial charge in [-0.1, -0.05) is 0 Å². The first-order chi connectivity index (χ1) is 15.3. The maximum absolute atomic E-state index is 12.6. The normalized spacial score (nSPS) is 23.5. The van der Waals surface area contributed by atoms with Gasteiger partial charge in [0.25, 0.3) is 5.56 Å². The van der Waals surface area contributed by atoms with Gasteiger partial charge in [0.05, 0.1) is 5.69 Å². The molecule has 1 saturated heterocycles. The fourth-order valence-electron chi connectivity index (χ4n) is 3.13. The van der Waals surface area contributed by atoms with Crippen molar-refractivity contribution in [3.05, 3.63) is 32.6 Å². The number of carbonyl (C=O) groups is 3. The molecule has 0 aromatic carbocycles. The Labute approximate surface area is 187 Å². The van der Waals surface area contributed by atoms with Crippen LogP contribution in [0.4, 0.5) is 4.79 Å². The second kappa shape index (κ2) is 10.6. The first-order valence-electron chi connectivity index (χ1n) is 10.1. The number of alkyl carbamates (subject to hydrolysis) is 1. The van der Waals surface area contributed by atoms with Gasteiger partial charge in [-0.3, -0.25) is 19.4 Å². The summed E-state index contributed by atoms with van der Waals surface area (Å²) in [5.74, 6) is -1.94. The van der Waals surface area contributed by atoms with E-state index in [0.717, 1.165) is 6.07 Å². The lowest BCUT2D eigenvalue weighted by Crippen LogP contribution is -2.50. The molecule has 1 aliphatic heterocycles. The Kier molecular flexibility index (Phi) is 8.35. The molecular weight excluding hydrogens is 444 g/mol. The van der Waals surface area contributed by atoms with Gasteiger partial charge in [0.1, 0.15) is 36.1 Å². The lowest BCUT2D eigenvalue weighted by Gasteiger charge is -2.24. The lowest BCUT2D eigenvalue weighted by molar-refractivity contribution is -0.137. The minimum Gasteiger partial charge on any atom is -0.481 e. The zero-order valence-corrected chi connectivity index (χ0v) is 18.3. The van der Waals surface area contributed by atoms with Crippen LogP contribution in [0.2, 0.25) is 0 Å². The van der Waals surface area contributed by atoms with Crippen LogP contribution >= 0.6 is 0 Å². The highest BCUT2D eigenvalue weighted by Gasteiger charge is 2.44. The summed E-state index contributed by atoms with van der Waals surface area (Å²) in [6.07, 6.45) is -6.90. The van der Waals surface area contributed by atoms with Crippen molar-refractivity contribution in [2.45, 2.75) is 69.7 Å². The largest absolute Gasteiger partial charge is 0.481 e. The second-order valence-corrected chi connectivity index (χ2v) is 8.50. The molecule has 1 aromatic heterocycles. The Hall–Kier alpha value is -3.23. The number of rotatable bonds is 8. The Morgan fingerprint density at radius 3 is 2.42 bits per heavy atom.